The van der Waals surface area contributed by atoms with Crippen LogP contribution in [0.15, 0.2) is 56.7 Å². The number of hydrogen-bond donors (Lipinski definition) is 1. The van der Waals surface area contributed by atoms with Crippen LogP contribution in [0.1, 0.15) is 21.8 Å². The van der Waals surface area contributed by atoms with Crippen molar-refractivity contribution in [3.8, 4) is 0 Å². The van der Waals surface area contributed by atoms with E-state index in [1.807, 2.05) is 0 Å². The van der Waals surface area contributed by atoms with Gasteiger partial charge in [0.1, 0.15) is 0 Å². The number of halogens is 2. The third kappa shape index (κ3) is 3.84. The summed E-state index contributed by atoms with van der Waals surface area (Å²) >= 11 is 0. The molecule has 1 amide bonds. The van der Waals surface area contributed by atoms with Gasteiger partial charge in [-0.15, -0.1) is 0 Å². The Balaban J connectivity index is 1.67. The Kier molecular flexibility index (Phi) is 5.15. The average Bonchev–Trinajstić information content (AvgIpc) is 3.23. The predicted molar refractivity (Wildman–Crippen MR) is 104 cm³/mol. The first-order valence-corrected chi connectivity index (χ1v) is 9.06. The maximum Gasteiger partial charge on any atom is 0.332 e. The van der Waals surface area contributed by atoms with Crippen molar-refractivity contribution in [3.05, 3.63) is 92.2 Å². The molecule has 11 heteroatoms. The second kappa shape index (κ2) is 7.94. The van der Waals surface area contributed by atoms with Gasteiger partial charge in [0.15, 0.2) is 17.3 Å². The first-order chi connectivity index (χ1) is 14.8. The summed E-state index contributed by atoms with van der Waals surface area (Å²) < 4.78 is 33.8. The summed E-state index contributed by atoms with van der Waals surface area (Å²) in [6, 6.07) is 6.48. The molecule has 0 aliphatic rings. The topological polar surface area (TPSA) is 112 Å². The van der Waals surface area contributed by atoms with Gasteiger partial charge in [0.25, 0.3) is 5.89 Å². The van der Waals surface area contributed by atoms with Crippen LogP contribution >= 0.6 is 0 Å². The van der Waals surface area contributed by atoms with E-state index in [9.17, 15) is 23.2 Å². The summed E-state index contributed by atoms with van der Waals surface area (Å²) in [6.45, 7) is -0.137. The van der Waals surface area contributed by atoms with Gasteiger partial charge in [-0.25, -0.2) is 13.6 Å². The van der Waals surface area contributed by atoms with Gasteiger partial charge >= 0.3 is 17.2 Å². The molecule has 9 nitrogen and oxygen atoms in total. The molecular weight excluding hydrogens is 412 g/mol. The zero-order valence-corrected chi connectivity index (χ0v) is 16.1. The summed E-state index contributed by atoms with van der Waals surface area (Å²) in [7, 11) is 1.35. The van der Waals surface area contributed by atoms with E-state index < -0.39 is 28.8 Å². The van der Waals surface area contributed by atoms with Crippen molar-refractivity contribution in [2.45, 2.75) is 13.1 Å². The maximum absolute atomic E-state index is 13.5. The van der Waals surface area contributed by atoms with Crippen molar-refractivity contribution in [3.63, 3.8) is 0 Å². The average molecular weight is 427 g/mol. The lowest BCUT2D eigenvalue weighted by Crippen LogP contribution is -2.39. The molecule has 4 aromatic rings. The minimum absolute atomic E-state index is 0.106. The molecule has 0 radical (unpaired) electrons. The van der Waals surface area contributed by atoms with Gasteiger partial charge < -0.3 is 9.73 Å². The van der Waals surface area contributed by atoms with Crippen molar-refractivity contribution < 1.29 is 18.0 Å². The zero-order valence-electron chi connectivity index (χ0n) is 16.1. The molecule has 0 saturated carbocycles. The quantitative estimate of drug-likeness (QED) is 0.515. The van der Waals surface area contributed by atoms with E-state index in [2.05, 4.69) is 15.3 Å². The highest BCUT2D eigenvalue weighted by Crippen LogP contribution is 2.12. The van der Waals surface area contributed by atoms with Crippen molar-refractivity contribution in [2.24, 2.45) is 7.05 Å². The Labute approximate surface area is 172 Å². The molecule has 4 rings (SSSR count). The normalized spacial score (nSPS) is 11.1. The lowest BCUT2D eigenvalue weighted by atomic mass is 10.2. The van der Waals surface area contributed by atoms with Gasteiger partial charge in [0.05, 0.1) is 6.54 Å². The van der Waals surface area contributed by atoms with Gasteiger partial charge in [-0.05, 0) is 35.4 Å². The molecular formula is C20H15F2N5O4. The van der Waals surface area contributed by atoms with Crippen LogP contribution in [0.4, 0.5) is 8.78 Å². The molecule has 0 aliphatic heterocycles. The number of carbonyl (C=O) groups excluding carboxylic acids is 1. The summed E-state index contributed by atoms with van der Waals surface area (Å²) in [6.07, 6.45) is 3.15. The van der Waals surface area contributed by atoms with E-state index in [0.717, 1.165) is 26.8 Å². The fourth-order valence-corrected chi connectivity index (χ4v) is 2.98. The van der Waals surface area contributed by atoms with Crippen molar-refractivity contribution in [1.29, 1.82) is 0 Å². The largest absolute Gasteiger partial charge is 0.425 e. The van der Waals surface area contributed by atoms with E-state index in [1.165, 1.54) is 13.1 Å². The van der Waals surface area contributed by atoms with Crippen LogP contribution in [-0.4, -0.2) is 25.0 Å². The molecule has 0 spiro atoms. The number of fused-ring (bicyclic) bond motifs is 1. The van der Waals surface area contributed by atoms with Crippen LogP contribution in [-0.2, 0) is 20.1 Å². The fraction of sp³-hybridized carbons (Fsp3) is 0.150. The smallest absolute Gasteiger partial charge is 0.332 e. The summed E-state index contributed by atoms with van der Waals surface area (Å²) in [5.74, 6) is -3.21. The number of aryl methyl sites for hydroxylation is 1. The molecule has 3 aromatic heterocycles. The number of carbonyl (C=O) groups is 1. The standard InChI is InChI=1S/C20H15F2N5O4/c1-26-16-15(31-18(25-16)17(28)24-9-11-4-6-23-7-5-11)19(29)27(20(26)30)10-12-2-3-13(21)14(22)8-12/h2-8H,9-10H2,1H3,(H,24,28). The molecule has 0 bridgehead atoms. The highest BCUT2D eigenvalue weighted by molar-refractivity contribution is 5.91. The van der Waals surface area contributed by atoms with Gasteiger partial charge in [0, 0.05) is 26.0 Å². The molecule has 0 saturated heterocycles. The van der Waals surface area contributed by atoms with E-state index in [0.29, 0.717) is 0 Å². The Hall–Kier alpha value is -4.15. The van der Waals surface area contributed by atoms with Gasteiger partial charge in [-0.2, -0.15) is 4.98 Å². The lowest BCUT2D eigenvalue weighted by molar-refractivity contribution is 0.0918. The number of nitrogens with one attached hydrogen (secondary N) is 1. The minimum Gasteiger partial charge on any atom is -0.425 e. The van der Waals surface area contributed by atoms with Crippen LogP contribution in [0, 0.1) is 11.6 Å². The first kappa shape index (κ1) is 20.1. The lowest BCUT2D eigenvalue weighted by Gasteiger charge is -2.07. The Morgan fingerprint density at radius 3 is 2.55 bits per heavy atom. The Morgan fingerprint density at radius 2 is 1.84 bits per heavy atom. The van der Waals surface area contributed by atoms with Gasteiger partial charge in [-0.3, -0.25) is 23.7 Å². The first-order valence-electron chi connectivity index (χ1n) is 9.06. The van der Waals surface area contributed by atoms with Gasteiger partial charge in [0.2, 0.25) is 5.58 Å². The molecule has 158 valence electrons. The predicted octanol–water partition coefficient (Wildman–Crippen LogP) is 1.34. The number of oxazole rings is 1. The van der Waals surface area contributed by atoms with Gasteiger partial charge in [-0.1, -0.05) is 6.07 Å². The molecule has 1 aromatic carbocycles. The monoisotopic (exact) mass is 427 g/mol. The summed E-state index contributed by atoms with van der Waals surface area (Å²) in [5, 5.41) is 2.60. The van der Waals surface area contributed by atoms with Crippen LogP contribution in [0.25, 0.3) is 11.2 Å². The molecule has 0 atom stereocenters. The zero-order chi connectivity index (χ0) is 22.1. The number of pyridine rings is 1. The van der Waals surface area contributed by atoms with E-state index in [1.54, 1.807) is 24.5 Å². The van der Waals surface area contributed by atoms with Crippen molar-refractivity contribution in [1.82, 2.24) is 24.4 Å². The number of amides is 1. The SMILES string of the molecule is Cn1c(=O)n(Cc2ccc(F)c(F)c2)c(=O)c2oc(C(=O)NCc3ccncc3)nc21. The molecule has 31 heavy (non-hydrogen) atoms. The van der Waals surface area contributed by atoms with Crippen LogP contribution in [0.5, 0.6) is 0 Å². The molecule has 0 fully saturated rings. The Bertz CT molecular complexity index is 1410. The van der Waals surface area contributed by atoms with Crippen molar-refractivity contribution in [2.75, 3.05) is 0 Å². The van der Waals surface area contributed by atoms with E-state index >= 15 is 0 Å². The summed E-state index contributed by atoms with van der Waals surface area (Å²) in [4.78, 5) is 45.6. The minimum atomic E-state index is -1.10. The van der Waals surface area contributed by atoms with Crippen LogP contribution in [0.2, 0.25) is 0 Å². The third-order valence-corrected chi connectivity index (χ3v) is 4.61. The Morgan fingerprint density at radius 1 is 1.10 bits per heavy atom. The number of hydrogen-bond acceptors (Lipinski definition) is 6. The fourth-order valence-electron chi connectivity index (χ4n) is 2.98. The van der Waals surface area contributed by atoms with Crippen LogP contribution in [0.3, 0.4) is 0 Å². The van der Waals surface area contributed by atoms with E-state index in [-0.39, 0.29) is 35.8 Å². The molecule has 0 unspecified atom stereocenters. The van der Waals surface area contributed by atoms with Crippen molar-refractivity contribution >= 4 is 17.1 Å². The maximum atomic E-state index is 13.5. The number of rotatable bonds is 5. The van der Waals surface area contributed by atoms with E-state index in [4.69, 9.17) is 4.42 Å². The number of aromatic nitrogens is 4. The van der Waals surface area contributed by atoms with Crippen LogP contribution < -0.4 is 16.6 Å². The highest BCUT2D eigenvalue weighted by atomic mass is 19.2. The number of nitrogens with zero attached hydrogens (tertiary/aromatic N) is 4. The second-order valence-corrected chi connectivity index (χ2v) is 6.69. The summed E-state index contributed by atoms with van der Waals surface area (Å²) in [5.41, 5.74) is -1.01. The highest BCUT2D eigenvalue weighted by Gasteiger charge is 2.21. The number of benzene rings is 1. The second-order valence-electron chi connectivity index (χ2n) is 6.69. The third-order valence-electron chi connectivity index (χ3n) is 4.61. The molecule has 3 heterocycles. The molecule has 1 N–H and O–H groups in total. The molecule has 0 aliphatic carbocycles.